The zero-order chi connectivity index (χ0) is 29.0. The lowest BCUT2D eigenvalue weighted by atomic mass is 9.85. The first-order valence-electron chi connectivity index (χ1n) is 14.3. The summed E-state index contributed by atoms with van der Waals surface area (Å²) in [6.07, 6.45) is 2.00. The standard InChI is InChI=1S/C30H36F3N5O3/c31-30(32,33)23-10-7-11-24(18-23)35-28(41)36-16-14-29(15-17-36)27(40)37(21-38(29)25-12-5-2-6-13-25)20-26(39)34-19-22-8-3-1-4-9-22/h2,5-7,10-13,18,22H,1,3-4,8-9,14-17,19-21H2,(H,34,39)(H,35,41). The van der Waals surface area contributed by atoms with Gasteiger partial charge < -0.3 is 25.3 Å². The van der Waals surface area contributed by atoms with Crippen LogP contribution in [-0.2, 0) is 15.8 Å². The Morgan fingerprint density at radius 1 is 0.951 bits per heavy atom. The molecule has 2 N–H and O–H groups in total. The molecule has 2 aromatic rings. The Bertz CT molecular complexity index is 1240. The average molecular weight is 572 g/mol. The number of alkyl halides is 3. The molecule has 41 heavy (non-hydrogen) atoms. The van der Waals surface area contributed by atoms with Crippen LogP contribution < -0.4 is 15.5 Å². The minimum atomic E-state index is -4.51. The maximum absolute atomic E-state index is 13.9. The van der Waals surface area contributed by atoms with Gasteiger partial charge in [-0.05, 0) is 61.9 Å². The maximum Gasteiger partial charge on any atom is 0.416 e. The van der Waals surface area contributed by atoms with Crippen LogP contribution in [0.5, 0.6) is 0 Å². The van der Waals surface area contributed by atoms with E-state index in [0.717, 1.165) is 30.7 Å². The van der Waals surface area contributed by atoms with E-state index in [2.05, 4.69) is 10.6 Å². The molecule has 0 radical (unpaired) electrons. The fourth-order valence-electron chi connectivity index (χ4n) is 6.26. The number of amides is 4. The smallest absolute Gasteiger partial charge is 0.354 e. The molecule has 0 atom stereocenters. The number of carbonyl (C=O) groups is 3. The minimum Gasteiger partial charge on any atom is -0.354 e. The topological polar surface area (TPSA) is 85.0 Å². The van der Waals surface area contributed by atoms with Gasteiger partial charge in [0.2, 0.25) is 5.91 Å². The first-order valence-corrected chi connectivity index (χ1v) is 14.3. The lowest BCUT2D eigenvalue weighted by Crippen LogP contribution is -2.58. The molecular weight excluding hydrogens is 535 g/mol. The van der Waals surface area contributed by atoms with Gasteiger partial charge >= 0.3 is 12.2 Å². The van der Waals surface area contributed by atoms with Crippen LogP contribution in [0.4, 0.5) is 29.3 Å². The third-order valence-electron chi connectivity index (χ3n) is 8.55. The van der Waals surface area contributed by atoms with Crippen molar-refractivity contribution in [3.63, 3.8) is 0 Å². The Hall–Kier alpha value is -3.76. The summed E-state index contributed by atoms with van der Waals surface area (Å²) in [7, 11) is 0. The van der Waals surface area contributed by atoms with Crippen molar-refractivity contribution < 1.29 is 27.6 Å². The van der Waals surface area contributed by atoms with Gasteiger partial charge in [-0.25, -0.2) is 4.79 Å². The van der Waals surface area contributed by atoms with Gasteiger partial charge in [0.25, 0.3) is 5.91 Å². The molecule has 1 aliphatic carbocycles. The summed E-state index contributed by atoms with van der Waals surface area (Å²) in [4.78, 5) is 44.8. The molecule has 5 rings (SSSR count). The highest BCUT2D eigenvalue weighted by molar-refractivity contribution is 5.97. The quantitative estimate of drug-likeness (QED) is 0.507. The summed E-state index contributed by atoms with van der Waals surface area (Å²) < 4.78 is 39.3. The number of rotatable bonds is 6. The first kappa shape index (κ1) is 28.8. The average Bonchev–Trinajstić information content (AvgIpc) is 3.23. The van der Waals surface area contributed by atoms with Crippen LogP contribution in [0.1, 0.15) is 50.5 Å². The third-order valence-corrected chi connectivity index (χ3v) is 8.55. The van der Waals surface area contributed by atoms with Crippen LogP contribution in [0.3, 0.4) is 0 Å². The number of anilines is 2. The summed E-state index contributed by atoms with van der Waals surface area (Å²) in [5, 5.41) is 5.58. The Balaban J connectivity index is 1.25. The van der Waals surface area contributed by atoms with E-state index in [1.807, 2.05) is 35.2 Å². The van der Waals surface area contributed by atoms with E-state index in [9.17, 15) is 27.6 Å². The van der Waals surface area contributed by atoms with Gasteiger partial charge in [0.05, 0.1) is 12.2 Å². The number of halogens is 3. The summed E-state index contributed by atoms with van der Waals surface area (Å²) in [5.41, 5.74) is -0.852. The number of para-hydroxylation sites is 1. The van der Waals surface area contributed by atoms with Crippen molar-refractivity contribution in [3.05, 3.63) is 60.2 Å². The molecule has 2 saturated heterocycles. The molecule has 8 nitrogen and oxygen atoms in total. The van der Waals surface area contributed by atoms with E-state index in [1.165, 1.54) is 36.3 Å². The molecule has 2 aliphatic heterocycles. The molecule has 2 aromatic carbocycles. The number of benzene rings is 2. The van der Waals surface area contributed by atoms with Gasteiger partial charge in [-0.15, -0.1) is 0 Å². The van der Waals surface area contributed by atoms with Gasteiger partial charge in [0, 0.05) is 31.0 Å². The van der Waals surface area contributed by atoms with Crippen LogP contribution in [0, 0.1) is 5.92 Å². The summed E-state index contributed by atoms with van der Waals surface area (Å²) in [6.45, 7) is 1.33. The zero-order valence-corrected chi connectivity index (χ0v) is 23.0. The molecular formula is C30H36F3N5O3. The van der Waals surface area contributed by atoms with E-state index in [-0.39, 0.29) is 43.8 Å². The second-order valence-electron chi connectivity index (χ2n) is 11.2. The molecule has 3 aliphatic rings. The number of likely N-dealkylation sites (tertiary alicyclic amines) is 1. The van der Waals surface area contributed by atoms with E-state index in [4.69, 9.17) is 0 Å². The molecule has 0 aromatic heterocycles. The SMILES string of the molecule is O=C(CN1CN(c2ccccc2)C2(CCN(C(=O)Nc3cccc(C(F)(F)F)c3)CC2)C1=O)NCC1CCCCC1. The van der Waals surface area contributed by atoms with Crippen molar-refractivity contribution in [2.45, 2.75) is 56.7 Å². The number of hydrogen-bond acceptors (Lipinski definition) is 4. The van der Waals surface area contributed by atoms with Crippen molar-refractivity contribution in [1.29, 1.82) is 0 Å². The predicted octanol–water partition coefficient (Wildman–Crippen LogP) is 5.07. The predicted molar refractivity (Wildman–Crippen MR) is 149 cm³/mol. The normalized spacial score (nSPS) is 19.5. The molecule has 3 fully saturated rings. The zero-order valence-electron chi connectivity index (χ0n) is 23.0. The Labute approximate surface area is 237 Å². The highest BCUT2D eigenvalue weighted by atomic mass is 19.4. The largest absolute Gasteiger partial charge is 0.416 e. The summed E-state index contributed by atoms with van der Waals surface area (Å²) in [5.74, 6) is 0.166. The number of urea groups is 1. The van der Waals surface area contributed by atoms with Crippen LogP contribution >= 0.6 is 0 Å². The van der Waals surface area contributed by atoms with E-state index < -0.39 is 23.3 Å². The molecule has 1 saturated carbocycles. The first-order chi connectivity index (χ1) is 19.7. The molecule has 11 heteroatoms. The lowest BCUT2D eigenvalue weighted by molar-refractivity contribution is -0.137. The van der Waals surface area contributed by atoms with Gasteiger partial charge in [0.1, 0.15) is 12.1 Å². The van der Waals surface area contributed by atoms with Crippen LogP contribution in [0.2, 0.25) is 0 Å². The highest BCUT2D eigenvalue weighted by Gasteiger charge is 2.54. The van der Waals surface area contributed by atoms with Gasteiger partial charge in [-0.3, -0.25) is 9.59 Å². The van der Waals surface area contributed by atoms with Crippen molar-refractivity contribution >= 4 is 29.2 Å². The number of carbonyl (C=O) groups excluding carboxylic acids is 3. The van der Waals surface area contributed by atoms with Crippen LogP contribution in [0.25, 0.3) is 0 Å². The Morgan fingerprint density at radius 2 is 1.66 bits per heavy atom. The fourth-order valence-corrected chi connectivity index (χ4v) is 6.26. The van der Waals surface area contributed by atoms with Crippen molar-refractivity contribution in [2.75, 3.05) is 43.1 Å². The highest BCUT2D eigenvalue weighted by Crippen LogP contribution is 2.39. The van der Waals surface area contributed by atoms with Crippen molar-refractivity contribution in [3.8, 4) is 0 Å². The van der Waals surface area contributed by atoms with Gasteiger partial charge in [-0.2, -0.15) is 13.2 Å². The monoisotopic (exact) mass is 571 g/mol. The van der Waals surface area contributed by atoms with Crippen LogP contribution in [0.15, 0.2) is 54.6 Å². The Morgan fingerprint density at radius 3 is 2.34 bits per heavy atom. The number of nitrogens with zero attached hydrogens (tertiary/aromatic N) is 3. The second-order valence-corrected chi connectivity index (χ2v) is 11.2. The molecule has 0 bridgehead atoms. The van der Waals surface area contributed by atoms with E-state index in [0.29, 0.717) is 25.3 Å². The summed E-state index contributed by atoms with van der Waals surface area (Å²) >= 11 is 0. The molecule has 4 amide bonds. The van der Waals surface area contributed by atoms with E-state index >= 15 is 0 Å². The number of piperidine rings is 1. The molecule has 1 spiro atoms. The van der Waals surface area contributed by atoms with Crippen LogP contribution in [-0.4, -0.2) is 66.0 Å². The number of nitrogens with one attached hydrogen (secondary N) is 2. The maximum atomic E-state index is 13.9. The van der Waals surface area contributed by atoms with Gasteiger partial charge in [-0.1, -0.05) is 43.5 Å². The Kier molecular flexibility index (Phi) is 8.42. The molecule has 220 valence electrons. The van der Waals surface area contributed by atoms with Gasteiger partial charge in [0.15, 0.2) is 0 Å². The summed E-state index contributed by atoms with van der Waals surface area (Å²) in [6, 6.07) is 13.5. The molecule has 2 heterocycles. The third kappa shape index (κ3) is 6.44. The number of hydrogen-bond donors (Lipinski definition) is 2. The molecule has 0 unspecified atom stereocenters. The lowest BCUT2D eigenvalue weighted by Gasteiger charge is -2.43. The minimum absolute atomic E-state index is 0.0314. The second kappa shape index (κ2) is 12.0. The fraction of sp³-hybridized carbons (Fsp3) is 0.500. The van der Waals surface area contributed by atoms with Crippen molar-refractivity contribution in [2.24, 2.45) is 5.92 Å². The van der Waals surface area contributed by atoms with E-state index in [1.54, 1.807) is 4.90 Å². The van der Waals surface area contributed by atoms with Crippen molar-refractivity contribution in [1.82, 2.24) is 15.1 Å².